The minimum atomic E-state index is 0.292. The van der Waals surface area contributed by atoms with Gasteiger partial charge in [0.2, 0.25) is 5.71 Å². The van der Waals surface area contributed by atoms with Crippen molar-refractivity contribution >= 4 is 22.1 Å². The molecule has 5 unspecified atom stereocenters. The summed E-state index contributed by atoms with van der Waals surface area (Å²) in [5.41, 5.74) is 5.89. The quantitative estimate of drug-likeness (QED) is 0.587. The van der Waals surface area contributed by atoms with Gasteiger partial charge in [-0.15, -0.1) is 0 Å². The Balaban J connectivity index is 1.79. The van der Waals surface area contributed by atoms with Crippen LogP contribution in [0, 0.1) is 25.2 Å². The van der Waals surface area contributed by atoms with E-state index in [9.17, 15) is 0 Å². The lowest BCUT2D eigenvalue weighted by Gasteiger charge is -2.44. The van der Waals surface area contributed by atoms with Gasteiger partial charge in [0.25, 0.3) is 0 Å². The highest BCUT2D eigenvalue weighted by molar-refractivity contribution is 6.05. The van der Waals surface area contributed by atoms with E-state index >= 15 is 0 Å². The number of nitrogens with zero attached hydrogens (tertiary/aromatic N) is 2. The first-order valence-electron chi connectivity index (χ1n) is 9.88. The van der Waals surface area contributed by atoms with Crippen LogP contribution in [0.15, 0.2) is 28.7 Å². The number of piperidine rings is 1. The summed E-state index contributed by atoms with van der Waals surface area (Å²) >= 11 is 0. The maximum atomic E-state index is 6.39. The average molecular weight is 348 g/mol. The van der Waals surface area contributed by atoms with Crippen LogP contribution < -0.4 is 0 Å². The summed E-state index contributed by atoms with van der Waals surface area (Å²) in [6.45, 7) is 15.2. The molecule has 0 amide bonds. The largest absolute Gasteiger partial charge is 0.437 e. The minimum Gasteiger partial charge on any atom is -0.437 e. The summed E-state index contributed by atoms with van der Waals surface area (Å²) in [6.07, 6.45) is 0. The van der Waals surface area contributed by atoms with E-state index in [1.165, 1.54) is 23.1 Å². The van der Waals surface area contributed by atoms with E-state index in [-0.39, 0.29) is 0 Å². The first kappa shape index (κ1) is 16.3. The maximum absolute atomic E-state index is 6.39. The van der Waals surface area contributed by atoms with E-state index < -0.39 is 0 Å². The zero-order valence-electron chi connectivity index (χ0n) is 16.6. The number of hydrogen-bond acceptors (Lipinski definition) is 3. The molecule has 3 nitrogen and oxygen atoms in total. The van der Waals surface area contributed by atoms with Gasteiger partial charge in [0.15, 0.2) is 0 Å². The normalized spacial score (nSPS) is 36.5. The highest BCUT2D eigenvalue weighted by Gasteiger charge is 2.60. The molecule has 1 aromatic carbocycles. The first-order chi connectivity index (χ1) is 12.3. The standard InChI is InChI=1S/C23H28N2O/c1-12-7-9-17-18-10-8-13(2)24-22(18)26-21(17)19(12)20-16(5)25-11-23(20,6)14(3)15(25)4/h7-10,14-16,20H,11H2,1-6H3/t14?,15?,16-,20?,23?/m1/s1. The Morgan fingerprint density at radius 3 is 2.50 bits per heavy atom. The maximum Gasteiger partial charge on any atom is 0.227 e. The number of hydrogen-bond donors (Lipinski definition) is 0. The lowest BCUT2D eigenvalue weighted by molar-refractivity contribution is 0.112. The van der Waals surface area contributed by atoms with E-state index in [0.717, 1.165) is 22.4 Å². The molecule has 6 atom stereocenters. The Hall–Kier alpha value is -1.87. The zero-order chi connectivity index (χ0) is 18.4. The second-order valence-corrected chi connectivity index (χ2v) is 9.01. The van der Waals surface area contributed by atoms with Crippen LogP contribution in [0.2, 0.25) is 0 Å². The summed E-state index contributed by atoms with van der Waals surface area (Å²) < 4.78 is 6.39. The molecule has 2 fully saturated rings. The van der Waals surface area contributed by atoms with Gasteiger partial charge in [0, 0.05) is 46.6 Å². The second-order valence-electron chi connectivity index (χ2n) is 9.01. The fourth-order valence-corrected chi connectivity index (χ4v) is 6.05. The fraction of sp³-hybridized carbons (Fsp3) is 0.522. The van der Waals surface area contributed by atoms with Gasteiger partial charge in [0.1, 0.15) is 5.58 Å². The molecular formula is C23H28N2O. The van der Waals surface area contributed by atoms with Crippen molar-refractivity contribution in [1.82, 2.24) is 9.88 Å². The van der Waals surface area contributed by atoms with Crippen molar-refractivity contribution in [1.29, 1.82) is 0 Å². The van der Waals surface area contributed by atoms with E-state index in [2.05, 4.69) is 68.8 Å². The summed E-state index contributed by atoms with van der Waals surface area (Å²) in [5, 5.41) is 2.34. The molecule has 26 heavy (non-hydrogen) atoms. The molecule has 2 aliphatic rings. The molecule has 0 saturated carbocycles. The van der Waals surface area contributed by atoms with Gasteiger partial charge >= 0.3 is 0 Å². The molecule has 2 aromatic heterocycles. The third kappa shape index (κ3) is 1.85. The second kappa shape index (κ2) is 5.10. The van der Waals surface area contributed by atoms with Crippen molar-refractivity contribution < 1.29 is 4.42 Å². The summed E-state index contributed by atoms with van der Waals surface area (Å²) in [5.74, 6) is 1.18. The van der Waals surface area contributed by atoms with Crippen molar-refractivity contribution in [3.63, 3.8) is 0 Å². The number of aromatic nitrogens is 1. The molecule has 3 heteroatoms. The molecule has 2 aliphatic heterocycles. The average Bonchev–Trinajstić information content (AvgIpc) is 3.16. The van der Waals surface area contributed by atoms with Crippen molar-refractivity contribution in [2.45, 2.75) is 59.5 Å². The van der Waals surface area contributed by atoms with Crippen LogP contribution in [0.5, 0.6) is 0 Å². The minimum absolute atomic E-state index is 0.292. The monoisotopic (exact) mass is 348 g/mol. The predicted molar refractivity (Wildman–Crippen MR) is 107 cm³/mol. The van der Waals surface area contributed by atoms with Gasteiger partial charge in [-0.05, 0) is 56.7 Å². The van der Waals surface area contributed by atoms with Crippen LogP contribution in [-0.4, -0.2) is 28.5 Å². The van der Waals surface area contributed by atoms with Crippen LogP contribution in [0.3, 0.4) is 0 Å². The predicted octanol–water partition coefficient (Wildman–Crippen LogP) is 5.43. The van der Waals surface area contributed by atoms with Gasteiger partial charge < -0.3 is 4.42 Å². The van der Waals surface area contributed by atoms with Crippen LogP contribution in [-0.2, 0) is 0 Å². The van der Waals surface area contributed by atoms with Crippen molar-refractivity contribution in [2.24, 2.45) is 11.3 Å². The van der Waals surface area contributed by atoms with Crippen molar-refractivity contribution in [2.75, 3.05) is 6.54 Å². The Labute approximate surface area is 155 Å². The number of aryl methyl sites for hydroxylation is 2. The SMILES string of the molecule is Cc1ccc2c(n1)oc1c(C3[C@@H](C)N4CC3(C)C(C)C4C)c(C)ccc12. The third-order valence-corrected chi connectivity index (χ3v) is 7.74. The lowest BCUT2D eigenvalue weighted by atomic mass is 9.63. The van der Waals surface area contributed by atoms with E-state index in [4.69, 9.17) is 4.42 Å². The zero-order valence-corrected chi connectivity index (χ0v) is 16.6. The Kier molecular flexibility index (Phi) is 3.20. The Morgan fingerprint density at radius 2 is 1.77 bits per heavy atom. The number of fused-ring (bicyclic) bond motifs is 5. The Morgan fingerprint density at radius 1 is 1.04 bits per heavy atom. The molecule has 0 aliphatic carbocycles. The van der Waals surface area contributed by atoms with Crippen molar-refractivity contribution in [3.05, 3.63) is 41.1 Å². The van der Waals surface area contributed by atoms with Crippen LogP contribution in [0.4, 0.5) is 0 Å². The number of pyridine rings is 1. The van der Waals surface area contributed by atoms with Gasteiger partial charge in [-0.2, -0.15) is 0 Å². The molecular weight excluding hydrogens is 320 g/mol. The Bertz CT molecular complexity index is 1040. The molecule has 2 bridgehead atoms. The summed E-state index contributed by atoms with van der Waals surface area (Å²) in [6, 6.07) is 9.92. The lowest BCUT2D eigenvalue weighted by Crippen LogP contribution is -2.45. The smallest absolute Gasteiger partial charge is 0.227 e. The summed E-state index contributed by atoms with van der Waals surface area (Å²) in [7, 11) is 0. The van der Waals surface area contributed by atoms with Gasteiger partial charge in [-0.1, -0.05) is 26.0 Å². The van der Waals surface area contributed by atoms with Gasteiger partial charge in [-0.25, -0.2) is 4.98 Å². The molecule has 136 valence electrons. The van der Waals surface area contributed by atoms with E-state index in [1.807, 2.05) is 6.92 Å². The topological polar surface area (TPSA) is 29.3 Å². The summed E-state index contributed by atoms with van der Waals surface area (Å²) in [4.78, 5) is 7.35. The molecule has 2 saturated heterocycles. The van der Waals surface area contributed by atoms with Crippen LogP contribution >= 0.6 is 0 Å². The van der Waals surface area contributed by atoms with Crippen molar-refractivity contribution in [3.8, 4) is 0 Å². The number of furan rings is 1. The van der Waals surface area contributed by atoms with E-state index in [0.29, 0.717) is 29.3 Å². The highest BCUT2D eigenvalue weighted by Crippen LogP contribution is 2.60. The molecule has 3 aromatic rings. The molecule has 4 heterocycles. The third-order valence-electron chi connectivity index (χ3n) is 7.74. The molecule has 0 radical (unpaired) electrons. The fourth-order valence-electron chi connectivity index (χ4n) is 6.05. The van der Waals surface area contributed by atoms with E-state index in [1.54, 1.807) is 0 Å². The number of rotatable bonds is 1. The highest BCUT2D eigenvalue weighted by atomic mass is 16.3. The van der Waals surface area contributed by atoms with Gasteiger partial charge in [0.05, 0.1) is 0 Å². The number of benzene rings is 1. The van der Waals surface area contributed by atoms with Crippen LogP contribution in [0.1, 0.15) is 50.4 Å². The first-order valence-corrected chi connectivity index (χ1v) is 9.88. The molecule has 5 rings (SSSR count). The molecule has 0 spiro atoms. The van der Waals surface area contributed by atoms with Gasteiger partial charge in [-0.3, -0.25) is 4.90 Å². The molecule has 0 N–H and O–H groups in total. The van der Waals surface area contributed by atoms with Crippen LogP contribution in [0.25, 0.3) is 22.1 Å².